The molecular formula is C21H27N3O3S. The van der Waals surface area contributed by atoms with Gasteiger partial charge in [0.25, 0.3) is 5.79 Å². The monoisotopic (exact) mass is 401 g/mol. The Morgan fingerprint density at radius 2 is 2.04 bits per heavy atom. The molecule has 7 heteroatoms. The van der Waals surface area contributed by atoms with Gasteiger partial charge in [-0.1, -0.05) is 6.42 Å². The predicted octanol–water partition coefficient (Wildman–Crippen LogP) is 4.34. The summed E-state index contributed by atoms with van der Waals surface area (Å²) in [4.78, 5) is 20.2. The van der Waals surface area contributed by atoms with Gasteiger partial charge in [0.15, 0.2) is 11.5 Å². The van der Waals surface area contributed by atoms with Crippen LogP contribution in [0.2, 0.25) is 0 Å². The standard InChI is InChI=1S/C21H27N3O3S/c1-14(24(3)13-17-12-22-15(2)28-17)20(25)23-16-7-8-18-19(11-16)27-21(26-18)9-5-4-6-10-21/h7-8,11-12,14H,4-6,9-10,13H2,1-3H3,(H,23,25). The molecule has 2 heterocycles. The normalized spacial score (nSPS) is 18.4. The van der Waals surface area contributed by atoms with Crippen LogP contribution >= 0.6 is 11.3 Å². The van der Waals surface area contributed by atoms with E-state index in [2.05, 4.69) is 10.3 Å². The lowest BCUT2D eigenvalue weighted by atomic mass is 9.94. The third-order valence-electron chi connectivity index (χ3n) is 5.53. The Balaban J connectivity index is 1.38. The van der Waals surface area contributed by atoms with Gasteiger partial charge >= 0.3 is 0 Å². The van der Waals surface area contributed by atoms with Crippen LogP contribution in [0.5, 0.6) is 11.5 Å². The number of fused-ring (bicyclic) bond motifs is 1. The number of likely N-dealkylation sites (N-methyl/N-ethyl adjacent to an activating group) is 1. The van der Waals surface area contributed by atoms with Crippen molar-refractivity contribution in [3.63, 3.8) is 0 Å². The van der Waals surface area contributed by atoms with Crippen LogP contribution in [-0.2, 0) is 11.3 Å². The van der Waals surface area contributed by atoms with Crippen LogP contribution in [0.3, 0.4) is 0 Å². The Bertz CT molecular complexity index is 860. The van der Waals surface area contributed by atoms with E-state index in [1.54, 1.807) is 11.3 Å². The number of anilines is 1. The molecule has 28 heavy (non-hydrogen) atoms. The molecule has 1 aromatic heterocycles. The number of carbonyl (C=O) groups excluding carboxylic acids is 1. The molecule has 1 N–H and O–H groups in total. The molecule has 4 rings (SSSR count). The molecule has 1 aromatic carbocycles. The minimum absolute atomic E-state index is 0.0463. The number of rotatable bonds is 5. The van der Waals surface area contributed by atoms with Gasteiger partial charge in [-0.3, -0.25) is 9.69 Å². The Morgan fingerprint density at radius 3 is 2.75 bits per heavy atom. The summed E-state index contributed by atoms with van der Waals surface area (Å²) in [6, 6.07) is 5.37. The molecule has 150 valence electrons. The Morgan fingerprint density at radius 1 is 1.29 bits per heavy atom. The lowest BCUT2D eigenvalue weighted by Crippen LogP contribution is -2.40. The lowest BCUT2D eigenvalue weighted by Gasteiger charge is -2.31. The molecule has 0 radical (unpaired) electrons. The molecular weight excluding hydrogens is 374 g/mol. The molecule has 1 atom stereocenters. The zero-order valence-electron chi connectivity index (χ0n) is 16.7. The van der Waals surface area contributed by atoms with E-state index >= 15 is 0 Å². The number of amides is 1. The van der Waals surface area contributed by atoms with Crippen LogP contribution in [0, 0.1) is 6.92 Å². The van der Waals surface area contributed by atoms with Crippen molar-refractivity contribution in [3.8, 4) is 11.5 Å². The first-order valence-corrected chi connectivity index (χ1v) is 10.7. The molecule has 1 amide bonds. The van der Waals surface area contributed by atoms with Gasteiger partial charge in [0.05, 0.1) is 11.0 Å². The zero-order chi connectivity index (χ0) is 19.7. The summed E-state index contributed by atoms with van der Waals surface area (Å²) in [6.45, 7) is 4.60. The summed E-state index contributed by atoms with van der Waals surface area (Å²) in [5.74, 6) is 0.949. The summed E-state index contributed by atoms with van der Waals surface area (Å²) in [6.07, 6.45) is 7.20. The van der Waals surface area contributed by atoms with Gasteiger partial charge in [0.1, 0.15) is 0 Å². The molecule has 1 fully saturated rings. The number of ether oxygens (including phenoxy) is 2. The zero-order valence-corrected chi connectivity index (χ0v) is 17.5. The van der Waals surface area contributed by atoms with Crippen molar-refractivity contribution in [3.05, 3.63) is 34.3 Å². The van der Waals surface area contributed by atoms with Crippen molar-refractivity contribution in [2.75, 3.05) is 12.4 Å². The van der Waals surface area contributed by atoms with Gasteiger partial charge in [-0.2, -0.15) is 0 Å². The third-order valence-corrected chi connectivity index (χ3v) is 6.43. The van der Waals surface area contributed by atoms with E-state index in [0.717, 1.165) is 52.8 Å². The second-order valence-electron chi connectivity index (χ2n) is 7.76. The number of carbonyl (C=O) groups is 1. The molecule has 1 unspecified atom stereocenters. The average Bonchev–Trinajstić information content (AvgIpc) is 3.23. The highest BCUT2D eigenvalue weighted by Crippen LogP contribution is 2.46. The predicted molar refractivity (Wildman–Crippen MR) is 110 cm³/mol. The molecule has 1 aliphatic carbocycles. The SMILES string of the molecule is Cc1ncc(CN(C)C(C)C(=O)Nc2ccc3c(c2)OC2(CCCCC2)O3)s1. The Kier molecular flexibility index (Phi) is 5.29. The van der Waals surface area contributed by atoms with E-state index in [0.29, 0.717) is 6.54 Å². The van der Waals surface area contributed by atoms with Crippen molar-refractivity contribution in [2.45, 2.75) is 64.3 Å². The molecule has 0 bridgehead atoms. The Hall–Kier alpha value is -2.12. The number of benzene rings is 1. The topological polar surface area (TPSA) is 63.7 Å². The fraction of sp³-hybridized carbons (Fsp3) is 0.524. The first-order valence-electron chi connectivity index (χ1n) is 9.89. The summed E-state index contributed by atoms with van der Waals surface area (Å²) < 4.78 is 12.3. The fourth-order valence-corrected chi connectivity index (χ4v) is 4.63. The largest absolute Gasteiger partial charge is 0.448 e. The van der Waals surface area contributed by atoms with E-state index in [1.165, 1.54) is 6.42 Å². The van der Waals surface area contributed by atoms with Gasteiger partial charge in [0, 0.05) is 42.2 Å². The quantitative estimate of drug-likeness (QED) is 0.807. The average molecular weight is 402 g/mol. The number of aromatic nitrogens is 1. The van der Waals surface area contributed by atoms with Gasteiger partial charge in [-0.05, 0) is 45.9 Å². The highest BCUT2D eigenvalue weighted by Gasteiger charge is 2.42. The maximum absolute atomic E-state index is 12.7. The minimum Gasteiger partial charge on any atom is -0.448 e. The maximum atomic E-state index is 12.7. The van der Waals surface area contributed by atoms with E-state index in [-0.39, 0.29) is 11.9 Å². The third kappa shape index (κ3) is 4.00. The highest BCUT2D eigenvalue weighted by atomic mass is 32.1. The van der Waals surface area contributed by atoms with Crippen LogP contribution in [0.15, 0.2) is 24.4 Å². The molecule has 2 aromatic rings. The van der Waals surface area contributed by atoms with Crippen molar-refractivity contribution in [1.82, 2.24) is 9.88 Å². The minimum atomic E-state index is -0.496. The molecule has 1 spiro atoms. The van der Waals surface area contributed by atoms with Crippen LogP contribution in [0.1, 0.15) is 48.9 Å². The van der Waals surface area contributed by atoms with Crippen molar-refractivity contribution in [1.29, 1.82) is 0 Å². The summed E-state index contributed by atoms with van der Waals surface area (Å²) in [7, 11) is 1.95. The molecule has 2 aliphatic rings. The van der Waals surface area contributed by atoms with Crippen molar-refractivity contribution >= 4 is 22.9 Å². The van der Waals surface area contributed by atoms with Crippen LogP contribution < -0.4 is 14.8 Å². The number of hydrogen-bond donors (Lipinski definition) is 1. The van der Waals surface area contributed by atoms with Crippen molar-refractivity contribution in [2.24, 2.45) is 0 Å². The first kappa shape index (κ1) is 19.2. The van der Waals surface area contributed by atoms with Gasteiger partial charge in [-0.15, -0.1) is 11.3 Å². The number of nitrogens with zero attached hydrogens (tertiary/aromatic N) is 2. The maximum Gasteiger partial charge on any atom is 0.251 e. The first-order chi connectivity index (χ1) is 13.4. The van der Waals surface area contributed by atoms with E-state index in [4.69, 9.17) is 9.47 Å². The lowest BCUT2D eigenvalue weighted by molar-refractivity contribution is -0.120. The van der Waals surface area contributed by atoms with Crippen LogP contribution in [-0.4, -0.2) is 34.7 Å². The number of aryl methyl sites for hydroxylation is 1. The highest BCUT2D eigenvalue weighted by molar-refractivity contribution is 7.11. The number of hydrogen-bond acceptors (Lipinski definition) is 6. The second kappa shape index (κ2) is 7.72. The van der Waals surface area contributed by atoms with E-state index < -0.39 is 5.79 Å². The number of thiazole rings is 1. The van der Waals surface area contributed by atoms with Crippen LogP contribution in [0.25, 0.3) is 0 Å². The molecule has 6 nitrogen and oxygen atoms in total. The Labute approximate surface area is 169 Å². The molecule has 0 saturated heterocycles. The van der Waals surface area contributed by atoms with Crippen LogP contribution in [0.4, 0.5) is 5.69 Å². The summed E-state index contributed by atoms with van der Waals surface area (Å²) >= 11 is 1.66. The fourth-order valence-electron chi connectivity index (χ4n) is 3.77. The smallest absolute Gasteiger partial charge is 0.251 e. The van der Waals surface area contributed by atoms with Gasteiger partial charge in [-0.25, -0.2) is 4.98 Å². The molecule has 1 saturated carbocycles. The summed E-state index contributed by atoms with van der Waals surface area (Å²) in [5.41, 5.74) is 0.731. The molecule has 1 aliphatic heterocycles. The second-order valence-corrected chi connectivity index (χ2v) is 9.08. The van der Waals surface area contributed by atoms with E-state index in [1.807, 2.05) is 50.2 Å². The van der Waals surface area contributed by atoms with Gasteiger partial charge < -0.3 is 14.8 Å². The summed E-state index contributed by atoms with van der Waals surface area (Å²) in [5, 5.41) is 4.04. The number of nitrogens with one attached hydrogen (secondary N) is 1. The van der Waals surface area contributed by atoms with Crippen molar-refractivity contribution < 1.29 is 14.3 Å². The van der Waals surface area contributed by atoms with E-state index in [9.17, 15) is 4.79 Å². The van der Waals surface area contributed by atoms with Gasteiger partial charge in [0.2, 0.25) is 5.91 Å².